The molecule has 0 aliphatic carbocycles. The number of carbonyl (C=O) groups excluding carboxylic acids is 1. The quantitative estimate of drug-likeness (QED) is 0.773. The molecule has 0 aromatic carbocycles. The lowest BCUT2D eigenvalue weighted by atomic mass is 10.3. The van der Waals surface area contributed by atoms with Crippen LogP contribution >= 0.6 is 11.3 Å². The third-order valence-electron chi connectivity index (χ3n) is 1.68. The molecule has 0 bridgehead atoms. The molecule has 1 atom stereocenters. The fourth-order valence-electron chi connectivity index (χ4n) is 0.841. The number of carbonyl (C=O) groups is 1. The molecule has 0 aliphatic heterocycles. The van der Waals surface area contributed by atoms with E-state index in [0.717, 1.165) is 5.69 Å². The monoisotopic (exact) mass is 199 g/mol. The molecule has 1 aromatic rings. The molecule has 1 amide bonds. The first-order valence-electron chi connectivity index (χ1n) is 4.03. The van der Waals surface area contributed by atoms with Crippen LogP contribution in [-0.2, 0) is 4.79 Å². The van der Waals surface area contributed by atoms with E-state index >= 15 is 0 Å². The van der Waals surface area contributed by atoms with Crippen LogP contribution in [0.1, 0.15) is 25.6 Å². The van der Waals surface area contributed by atoms with E-state index in [4.69, 9.17) is 0 Å². The summed E-state index contributed by atoms with van der Waals surface area (Å²) in [5.41, 5.74) is 0.955. The van der Waals surface area contributed by atoms with Crippen molar-refractivity contribution < 1.29 is 4.79 Å². The molecule has 72 valence electrons. The van der Waals surface area contributed by atoms with Gasteiger partial charge in [0.2, 0.25) is 5.91 Å². The predicted octanol–water partition coefficient (Wildman–Crippen LogP) is 1.38. The second-order valence-electron chi connectivity index (χ2n) is 2.77. The van der Waals surface area contributed by atoms with Crippen molar-refractivity contribution in [3.63, 3.8) is 0 Å². The number of amides is 1. The van der Waals surface area contributed by atoms with Crippen molar-refractivity contribution in [1.29, 1.82) is 0 Å². The molecule has 0 radical (unpaired) electrons. The maximum absolute atomic E-state index is 10.7. The predicted molar refractivity (Wildman–Crippen MR) is 53.9 cm³/mol. The minimum Gasteiger partial charge on any atom is -0.312 e. The summed E-state index contributed by atoms with van der Waals surface area (Å²) in [5.74, 6) is -0.0852. The van der Waals surface area contributed by atoms with Crippen LogP contribution in [0.15, 0.2) is 5.38 Å². The van der Waals surface area contributed by atoms with Crippen LogP contribution < -0.4 is 10.6 Å². The Morgan fingerprint density at radius 3 is 2.92 bits per heavy atom. The fraction of sp³-hybridized carbons (Fsp3) is 0.500. The van der Waals surface area contributed by atoms with Crippen molar-refractivity contribution in [2.24, 2.45) is 0 Å². The van der Waals surface area contributed by atoms with E-state index in [9.17, 15) is 4.79 Å². The van der Waals surface area contributed by atoms with Gasteiger partial charge in [0.05, 0.1) is 5.69 Å². The molecule has 0 saturated carbocycles. The highest BCUT2D eigenvalue weighted by molar-refractivity contribution is 7.13. The van der Waals surface area contributed by atoms with E-state index in [1.807, 2.05) is 19.4 Å². The Hall–Kier alpha value is -0.940. The fourth-order valence-corrected chi connectivity index (χ4v) is 1.69. The summed E-state index contributed by atoms with van der Waals surface area (Å²) in [4.78, 5) is 14.9. The Morgan fingerprint density at radius 1 is 1.69 bits per heavy atom. The van der Waals surface area contributed by atoms with E-state index in [1.165, 1.54) is 18.3 Å². The van der Waals surface area contributed by atoms with Gasteiger partial charge in [-0.1, -0.05) is 0 Å². The normalized spacial score (nSPS) is 12.5. The minimum atomic E-state index is -0.0852. The molecule has 0 fully saturated rings. The lowest BCUT2D eigenvalue weighted by Gasteiger charge is -2.04. The standard InChI is InChI=1S/C8H13N3OS/c1-5(9-3)7-4-13-8(11-7)10-6(2)12/h4-5,9H,1-3H3,(H,10,11,12). The molecule has 2 N–H and O–H groups in total. The number of anilines is 1. The number of aromatic nitrogens is 1. The number of nitrogens with one attached hydrogen (secondary N) is 2. The van der Waals surface area contributed by atoms with E-state index in [1.54, 1.807) is 0 Å². The van der Waals surface area contributed by atoms with Gasteiger partial charge in [-0.3, -0.25) is 4.79 Å². The Morgan fingerprint density at radius 2 is 2.38 bits per heavy atom. The highest BCUT2D eigenvalue weighted by Gasteiger charge is 2.07. The van der Waals surface area contributed by atoms with Gasteiger partial charge in [-0.15, -0.1) is 11.3 Å². The van der Waals surface area contributed by atoms with Gasteiger partial charge in [0, 0.05) is 18.3 Å². The number of nitrogens with zero attached hydrogens (tertiary/aromatic N) is 1. The zero-order chi connectivity index (χ0) is 9.84. The molecule has 0 spiro atoms. The van der Waals surface area contributed by atoms with Gasteiger partial charge < -0.3 is 10.6 Å². The number of hydrogen-bond donors (Lipinski definition) is 2. The van der Waals surface area contributed by atoms with Crippen molar-refractivity contribution in [1.82, 2.24) is 10.3 Å². The first-order valence-corrected chi connectivity index (χ1v) is 4.91. The van der Waals surface area contributed by atoms with Crippen molar-refractivity contribution in [3.05, 3.63) is 11.1 Å². The van der Waals surface area contributed by atoms with Gasteiger partial charge in [0.25, 0.3) is 0 Å². The first kappa shape index (κ1) is 10.1. The third kappa shape index (κ3) is 2.78. The van der Waals surface area contributed by atoms with Gasteiger partial charge in [-0.25, -0.2) is 4.98 Å². The van der Waals surface area contributed by atoms with Gasteiger partial charge >= 0.3 is 0 Å². The van der Waals surface area contributed by atoms with Crippen molar-refractivity contribution in [2.75, 3.05) is 12.4 Å². The summed E-state index contributed by atoms with van der Waals surface area (Å²) in [6.07, 6.45) is 0. The lowest BCUT2D eigenvalue weighted by Crippen LogP contribution is -2.13. The molecular weight excluding hydrogens is 186 g/mol. The van der Waals surface area contributed by atoms with Crippen LogP contribution in [-0.4, -0.2) is 17.9 Å². The Kier molecular flexibility index (Phi) is 3.39. The average Bonchev–Trinajstić information content (AvgIpc) is 2.50. The van der Waals surface area contributed by atoms with Crippen LogP contribution in [0, 0.1) is 0 Å². The molecule has 1 aromatic heterocycles. The van der Waals surface area contributed by atoms with Gasteiger partial charge in [0.1, 0.15) is 0 Å². The SMILES string of the molecule is CNC(C)c1csc(NC(C)=O)n1. The Bertz CT molecular complexity index is 297. The summed E-state index contributed by atoms with van der Waals surface area (Å²) >= 11 is 1.44. The van der Waals surface area contributed by atoms with E-state index in [-0.39, 0.29) is 11.9 Å². The molecule has 13 heavy (non-hydrogen) atoms. The van der Waals surface area contributed by atoms with Crippen molar-refractivity contribution in [3.8, 4) is 0 Å². The molecule has 1 rings (SSSR count). The molecule has 0 aliphatic rings. The molecule has 4 nitrogen and oxygen atoms in total. The summed E-state index contributed by atoms with van der Waals surface area (Å²) in [6.45, 7) is 3.50. The van der Waals surface area contributed by atoms with Crippen molar-refractivity contribution in [2.45, 2.75) is 19.9 Å². The summed E-state index contributed by atoms with van der Waals surface area (Å²) in [5, 5.41) is 8.32. The molecule has 0 saturated heterocycles. The van der Waals surface area contributed by atoms with E-state index in [0.29, 0.717) is 5.13 Å². The van der Waals surface area contributed by atoms with Gasteiger partial charge in [-0.05, 0) is 14.0 Å². The molecule has 1 heterocycles. The molecular formula is C8H13N3OS. The highest BCUT2D eigenvalue weighted by atomic mass is 32.1. The van der Waals surface area contributed by atoms with E-state index < -0.39 is 0 Å². The second kappa shape index (κ2) is 4.34. The molecule has 5 heteroatoms. The van der Waals surface area contributed by atoms with Crippen LogP contribution in [0.5, 0.6) is 0 Å². The van der Waals surface area contributed by atoms with Crippen LogP contribution in [0.4, 0.5) is 5.13 Å². The average molecular weight is 199 g/mol. The number of thiazole rings is 1. The summed E-state index contributed by atoms with van der Waals surface area (Å²) in [7, 11) is 1.88. The zero-order valence-electron chi connectivity index (χ0n) is 7.92. The largest absolute Gasteiger partial charge is 0.312 e. The van der Waals surface area contributed by atoms with Crippen LogP contribution in [0.25, 0.3) is 0 Å². The summed E-state index contributed by atoms with van der Waals surface area (Å²) in [6, 6.07) is 0.221. The van der Waals surface area contributed by atoms with Crippen LogP contribution in [0.3, 0.4) is 0 Å². The van der Waals surface area contributed by atoms with E-state index in [2.05, 4.69) is 15.6 Å². The topological polar surface area (TPSA) is 54.0 Å². The number of hydrogen-bond acceptors (Lipinski definition) is 4. The van der Waals surface area contributed by atoms with Gasteiger partial charge in [0.15, 0.2) is 5.13 Å². The second-order valence-corrected chi connectivity index (χ2v) is 3.63. The lowest BCUT2D eigenvalue weighted by molar-refractivity contribution is -0.114. The maximum Gasteiger partial charge on any atom is 0.223 e. The Balaban J connectivity index is 2.68. The smallest absolute Gasteiger partial charge is 0.223 e. The van der Waals surface area contributed by atoms with Crippen molar-refractivity contribution >= 4 is 22.4 Å². The third-order valence-corrected chi connectivity index (χ3v) is 2.46. The zero-order valence-corrected chi connectivity index (χ0v) is 8.73. The van der Waals surface area contributed by atoms with Crippen LogP contribution in [0.2, 0.25) is 0 Å². The van der Waals surface area contributed by atoms with Gasteiger partial charge in [-0.2, -0.15) is 0 Å². The molecule has 1 unspecified atom stereocenters. The minimum absolute atomic E-state index is 0.0852. The first-order chi connectivity index (χ1) is 6.13. The summed E-state index contributed by atoms with van der Waals surface area (Å²) < 4.78 is 0. The maximum atomic E-state index is 10.7. The Labute approximate surface area is 81.4 Å². The number of rotatable bonds is 3. The highest BCUT2D eigenvalue weighted by Crippen LogP contribution is 2.19.